The van der Waals surface area contributed by atoms with Crippen LogP contribution in [0.2, 0.25) is 0 Å². The van der Waals surface area contributed by atoms with Crippen LogP contribution in [0.1, 0.15) is 6.92 Å². The predicted octanol–water partition coefficient (Wildman–Crippen LogP) is 0.126. The van der Waals surface area contributed by atoms with Crippen LogP contribution in [0.3, 0.4) is 0 Å². The zero-order valence-electron chi connectivity index (χ0n) is 15.8. The van der Waals surface area contributed by atoms with Crippen molar-refractivity contribution in [3.05, 3.63) is 46.8 Å². The molecule has 2 aromatic rings. The third-order valence-corrected chi connectivity index (χ3v) is 4.91. The van der Waals surface area contributed by atoms with Gasteiger partial charge in [-0.3, -0.25) is 14.9 Å². The summed E-state index contributed by atoms with van der Waals surface area (Å²) in [4.78, 5) is 35.1. The Bertz CT molecular complexity index is 839. The maximum Gasteiger partial charge on any atom is 0.296 e. The molecule has 0 radical (unpaired) electrons. The summed E-state index contributed by atoms with van der Waals surface area (Å²) in [5, 5.41) is 14.0. The second kappa shape index (κ2) is 8.61. The van der Waals surface area contributed by atoms with E-state index in [2.05, 4.69) is 20.2 Å². The van der Waals surface area contributed by atoms with Crippen LogP contribution in [0.4, 0.5) is 17.3 Å². The van der Waals surface area contributed by atoms with Crippen molar-refractivity contribution < 1.29 is 19.4 Å². The van der Waals surface area contributed by atoms with Crippen LogP contribution < -0.4 is 19.9 Å². The van der Waals surface area contributed by atoms with Gasteiger partial charge in [-0.25, -0.2) is 9.97 Å². The molecule has 1 fully saturated rings. The predicted molar refractivity (Wildman–Crippen MR) is 103 cm³/mol. The van der Waals surface area contributed by atoms with E-state index in [0.29, 0.717) is 11.7 Å². The molecule has 1 atom stereocenters. The highest BCUT2D eigenvalue weighted by Crippen LogP contribution is 2.28. The quantitative estimate of drug-likeness (QED) is 0.535. The number of nitrogens with zero attached hydrogens (tertiary/aromatic N) is 4. The second-order valence-corrected chi connectivity index (χ2v) is 6.55. The fourth-order valence-corrected chi connectivity index (χ4v) is 3.20. The Labute approximate surface area is 162 Å². The summed E-state index contributed by atoms with van der Waals surface area (Å²) >= 11 is 0. The standard InChI is InChI=1S/C18H22N6O4/c1-13(22-8-10-23(11-9-22)18-19-6-3-7-20-18)17(25)21-15-5-4-14(28-2)12-16(15)24(26)27/h3-7,12-13H,8-11H2,1-2H3,(H,21,25)/p+1/t13-/m0/s1. The van der Waals surface area contributed by atoms with E-state index in [1.54, 1.807) is 24.5 Å². The number of hydrogen-bond acceptors (Lipinski definition) is 7. The molecule has 0 saturated carbocycles. The van der Waals surface area contributed by atoms with Crippen LogP contribution in [0.25, 0.3) is 0 Å². The summed E-state index contributed by atoms with van der Waals surface area (Å²) in [7, 11) is 1.43. The lowest BCUT2D eigenvalue weighted by Crippen LogP contribution is -3.19. The normalized spacial score (nSPS) is 15.7. The lowest BCUT2D eigenvalue weighted by atomic mass is 10.2. The molecule has 0 unspecified atom stereocenters. The Hall–Kier alpha value is -3.27. The Morgan fingerprint density at radius 1 is 1.32 bits per heavy atom. The molecule has 1 saturated heterocycles. The van der Waals surface area contributed by atoms with E-state index >= 15 is 0 Å². The third kappa shape index (κ3) is 4.34. The minimum absolute atomic E-state index is 0.165. The van der Waals surface area contributed by atoms with Crippen LogP contribution in [0.15, 0.2) is 36.7 Å². The number of ether oxygens (including phenoxy) is 1. The molecule has 1 aliphatic heterocycles. The molecule has 2 heterocycles. The van der Waals surface area contributed by atoms with E-state index in [9.17, 15) is 14.9 Å². The Morgan fingerprint density at radius 2 is 2.00 bits per heavy atom. The topological polar surface area (TPSA) is 115 Å². The summed E-state index contributed by atoms with van der Waals surface area (Å²) in [6.07, 6.45) is 3.42. The van der Waals surface area contributed by atoms with Gasteiger partial charge in [0.05, 0.1) is 44.3 Å². The molecule has 148 valence electrons. The number of methoxy groups -OCH3 is 1. The number of hydrogen-bond donors (Lipinski definition) is 2. The molecule has 3 rings (SSSR count). The molecule has 10 nitrogen and oxygen atoms in total. The molecule has 1 aromatic heterocycles. The summed E-state index contributed by atoms with van der Waals surface area (Å²) in [6.45, 7) is 4.79. The first-order valence-corrected chi connectivity index (χ1v) is 8.99. The van der Waals surface area contributed by atoms with Crippen molar-refractivity contribution in [1.29, 1.82) is 0 Å². The van der Waals surface area contributed by atoms with E-state index in [1.165, 1.54) is 19.2 Å². The molecular weight excluding hydrogens is 364 g/mol. The summed E-state index contributed by atoms with van der Waals surface area (Å²) < 4.78 is 5.02. The first kappa shape index (κ1) is 19.5. The molecule has 1 aromatic carbocycles. The summed E-state index contributed by atoms with van der Waals surface area (Å²) in [6, 6.07) is 5.79. The number of carbonyl (C=O) groups is 1. The number of rotatable bonds is 6. The van der Waals surface area contributed by atoms with Gasteiger partial charge in [-0.1, -0.05) is 0 Å². The van der Waals surface area contributed by atoms with Gasteiger partial charge in [-0.2, -0.15) is 0 Å². The Kier molecular flexibility index (Phi) is 5.99. The van der Waals surface area contributed by atoms with E-state index in [-0.39, 0.29) is 23.3 Å². The van der Waals surface area contributed by atoms with Crippen LogP contribution >= 0.6 is 0 Å². The first-order chi connectivity index (χ1) is 13.5. The van der Waals surface area contributed by atoms with E-state index in [0.717, 1.165) is 31.1 Å². The van der Waals surface area contributed by atoms with E-state index in [4.69, 9.17) is 4.74 Å². The molecule has 0 aliphatic carbocycles. The fourth-order valence-electron chi connectivity index (χ4n) is 3.20. The average Bonchev–Trinajstić information content (AvgIpc) is 2.74. The fraction of sp³-hybridized carbons (Fsp3) is 0.389. The molecule has 0 spiro atoms. The zero-order chi connectivity index (χ0) is 20.1. The van der Waals surface area contributed by atoms with Crippen molar-refractivity contribution in [1.82, 2.24) is 9.97 Å². The number of quaternary nitrogens is 1. The highest BCUT2D eigenvalue weighted by Gasteiger charge is 2.31. The summed E-state index contributed by atoms with van der Waals surface area (Å²) in [5.41, 5.74) is -0.0284. The van der Waals surface area contributed by atoms with Crippen molar-refractivity contribution in [2.75, 3.05) is 43.5 Å². The lowest BCUT2D eigenvalue weighted by Gasteiger charge is -2.34. The van der Waals surface area contributed by atoms with Gasteiger partial charge in [0.15, 0.2) is 6.04 Å². The van der Waals surface area contributed by atoms with Crippen molar-refractivity contribution in [2.24, 2.45) is 0 Å². The molecular formula is C18H23N6O4+. The van der Waals surface area contributed by atoms with Crippen LogP contribution in [0.5, 0.6) is 5.75 Å². The zero-order valence-corrected chi connectivity index (χ0v) is 15.8. The van der Waals surface area contributed by atoms with Gasteiger partial charge in [0.2, 0.25) is 5.95 Å². The molecule has 10 heteroatoms. The Morgan fingerprint density at radius 3 is 2.61 bits per heavy atom. The lowest BCUT2D eigenvalue weighted by molar-refractivity contribution is -0.914. The van der Waals surface area contributed by atoms with Gasteiger partial charge in [-0.15, -0.1) is 0 Å². The van der Waals surface area contributed by atoms with Crippen LogP contribution in [0, 0.1) is 10.1 Å². The number of anilines is 2. The number of benzene rings is 1. The van der Waals surface area contributed by atoms with Gasteiger partial charge < -0.3 is 19.9 Å². The maximum absolute atomic E-state index is 12.7. The molecule has 1 aliphatic rings. The molecule has 28 heavy (non-hydrogen) atoms. The third-order valence-electron chi connectivity index (χ3n) is 4.91. The largest absolute Gasteiger partial charge is 0.496 e. The second-order valence-electron chi connectivity index (χ2n) is 6.55. The van der Waals surface area contributed by atoms with Gasteiger partial charge in [0.1, 0.15) is 11.4 Å². The highest BCUT2D eigenvalue weighted by atomic mass is 16.6. The number of aromatic nitrogens is 2. The molecule has 1 amide bonds. The Balaban J connectivity index is 1.62. The van der Waals surface area contributed by atoms with Crippen LogP contribution in [-0.2, 0) is 4.79 Å². The van der Waals surface area contributed by atoms with Crippen molar-refractivity contribution in [2.45, 2.75) is 13.0 Å². The first-order valence-electron chi connectivity index (χ1n) is 8.99. The van der Waals surface area contributed by atoms with E-state index < -0.39 is 4.92 Å². The SMILES string of the molecule is COc1ccc(NC(=O)[C@H](C)[NH+]2CCN(c3ncccn3)CC2)c([N+](=O)[O-])c1. The van der Waals surface area contributed by atoms with Gasteiger partial charge >= 0.3 is 0 Å². The van der Waals surface area contributed by atoms with Crippen molar-refractivity contribution in [3.63, 3.8) is 0 Å². The van der Waals surface area contributed by atoms with Crippen molar-refractivity contribution >= 4 is 23.2 Å². The number of nitro groups is 1. The highest BCUT2D eigenvalue weighted by molar-refractivity contribution is 5.95. The maximum atomic E-state index is 12.7. The summed E-state index contributed by atoms with van der Waals surface area (Å²) in [5.74, 6) is 0.794. The number of nitrogens with one attached hydrogen (secondary N) is 2. The van der Waals surface area contributed by atoms with Crippen LogP contribution in [-0.4, -0.2) is 60.1 Å². The average molecular weight is 387 g/mol. The van der Waals surface area contributed by atoms with Gasteiger partial charge in [-0.05, 0) is 25.1 Å². The van der Waals surface area contributed by atoms with Crippen molar-refractivity contribution in [3.8, 4) is 5.75 Å². The molecule has 0 bridgehead atoms. The number of piperazine rings is 1. The smallest absolute Gasteiger partial charge is 0.296 e. The monoisotopic (exact) mass is 387 g/mol. The number of amides is 1. The molecule has 2 N–H and O–H groups in total. The van der Waals surface area contributed by atoms with E-state index in [1.807, 2.05) is 6.92 Å². The minimum Gasteiger partial charge on any atom is -0.496 e. The van der Waals surface area contributed by atoms with Gasteiger partial charge in [0, 0.05) is 12.4 Å². The number of carbonyl (C=O) groups excluding carboxylic acids is 1. The van der Waals surface area contributed by atoms with Gasteiger partial charge in [0.25, 0.3) is 11.6 Å². The minimum atomic E-state index is -0.533. The number of nitro benzene ring substituents is 1.